The molecule has 3 nitrogen and oxygen atoms in total. The fourth-order valence-corrected chi connectivity index (χ4v) is 19.4. The van der Waals surface area contributed by atoms with Crippen LogP contribution >= 0.6 is 0 Å². The quantitative estimate of drug-likeness (QED) is 0.0394. The normalized spacial score (nSPS) is 14.4. The minimum absolute atomic E-state index is 0.0968. The average molecular weight is 1320 g/mol. The number of para-hydroxylation sites is 2. The smallest absolute Gasteiger partial charge is 0.143 e. The Kier molecular flexibility index (Phi) is 19.7. The molecule has 0 radical (unpaired) electrons. The molecule has 0 bridgehead atoms. The van der Waals surface area contributed by atoms with Gasteiger partial charge in [-0.25, -0.2) is 0 Å². The summed E-state index contributed by atoms with van der Waals surface area (Å²) in [5, 5.41) is 7.45. The molecule has 0 saturated heterocycles. The van der Waals surface area contributed by atoms with Crippen molar-refractivity contribution in [3.05, 3.63) is 220 Å². The van der Waals surface area contributed by atoms with Gasteiger partial charge in [-0.05, 0) is 195 Å². The molecule has 10 aromatic carbocycles. The van der Waals surface area contributed by atoms with Crippen molar-refractivity contribution in [1.29, 1.82) is 0 Å². The first-order valence-corrected chi connectivity index (χ1v) is 39.8. The predicted octanol–water partition coefficient (Wildman–Crippen LogP) is 30.2. The average Bonchev–Trinajstić information content (AvgIpc) is 1.53. The third-order valence-electron chi connectivity index (χ3n) is 24.6. The molecule has 3 aliphatic rings. The molecule has 3 aliphatic carbocycles. The summed E-state index contributed by atoms with van der Waals surface area (Å²) >= 11 is 0. The Morgan fingerprint density at radius 3 is 1.42 bits per heavy atom. The van der Waals surface area contributed by atoms with Gasteiger partial charge < -0.3 is 13.7 Å². The van der Waals surface area contributed by atoms with Crippen LogP contribution in [0.15, 0.2) is 185 Å². The van der Waals surface area contributed by atoms with E-state index in [4.69, 9.17) is 8.83 Å². The van der Waals surface area contributed by atoms with E-state index in [-0.39, 0.29) is 16.2 Å². The van der Waals surface area contributed by atoms with Crippen LogP contribution in [0.25, 0.3) is 99.2 Å². The van der Waals surface area contributed by atoms with Crippen LogP contribution in [0.2, 0.25) is 0 Å². The van der Waals surface area contributed by atoms with Gasteiger partial charge in [0.2, 0.25) is 0 Å². The number of unbranched alkanes of at least 4 members (excludes halogenated alkanes) is 20. The van der Waals surface area contributed by atoms with E-state index in [0.717, 1.165) is 40.7 Å². The van der Waals surface area contributed by atoms with E-state index in [9.17, 15) is 0 Å². The number of nitrogens with zero attached hydrogens (tertiary/aromatic N) is 1. The van der Waals surface area contributed by atoms with Crippen molar-refractivity contribution >= 4 is 71.7 Å². The third-order valence-corrected chi connectivity index (χ3v) is 24.6. The molecule has 0 unspecified atom stereocenters. The Balaban J connectivity index is 0.931. The molecular weight excluding hydrogens is 1210 g/mol. The molecule has 2 aromatic heterocycles. The maximum Gasteiger partial charge on any atom is 0.143 e. The van der Waals surface area contributed by atoms with Gasteiger partial charge in [-0.15, -0.1) is 0 Å². The van der Waals surface area contributed by atoms with Crippen molar-refractivity contribution in [3.63, 3.8) is 0 Å². The topological polar surface area (TPSA) is 29.5 Å². The zero-order valence-corrected chi connectivity index (χ0v) is 61.8. The molecular formula is C97H109NO2. The van der Waals surface area contributed by atoms with Gasteiger partial charge in [0.05, 0.1) is 0 Å². The molecule has 0 saturated carbocycles. The number of furan rings is 2. The van der Waals surface area contributed by atoms with E-state index < -0.39 is 0 Å². The molecule has 12 aromatic rings. The fourth-order valence-electron chi connectivity index (χ4n) is 19.4. The van der Waals surface area contributed by atoms with Crippen LogP contribution in [0, 0.1) is 13.8 Å². The third kappa shape index (κ3) is 12.0. The van der Waals surface area contributed by atoms with Crippen LogP contribution in [0.3, 0.4) is 0 Å². The summed E-state index contributed by atoms with van der Waals surface area (Å²) in [7, 11) is 0. The molecule has 2 heterocycles. The molecule has 15 rings (SSSR count). The monoisotopic (exact) mass is 1320 g/mol. The van der Waals surface area contributed by atoms with Crippen molar-refractivity contribution < 1.29 is 8.83 Å². The van der Waals surface area contributed by atoms with Crippen molar-refractivity contribution in [2.75, 3.05) is 4.90 Å². The Morgan fingerprint density at radius 1 is 0.320 bits per heavy atom. The minimum Gasteiger partial charge on any atom is -0.456 e. The summed E-state index contributed by atoms with van der Waals surface area (Å²) in [5.74, 6) is 0. The van der Waals surface area contributed by atoms with E-state index in [0.29, 0.717) is 0 Å². The summed E-state index contributed by atoms with van der Waals surface area (Å²) in [6.45, 7) is 19.0. The largest absolute Gasteiger partial charge is 0.456 e. The highest BCUT2D eigenvalue weighted by molar-refractivity contribution is 6.20. The first-order chi connectivity index (χ1) is 49.0. The van der Waals surface area contributed by atoms with E-state index in [1.54, 1.807) is 22.3 Å². The SMILES string of the molecule is CCCCCCCCC1(CCCCCCCC)c2cc(N(c3ccc4c(c3)C(C)(C)c3cc(-c5cccc6ccccc56)c5oc6ccccc6c5c3-4)c3ccc(C)cc3C)ccc2-c2cc3c(cc21)-c1c(ccc2oc4ccccc4c12)C3(CCCCCCCC)CCCCCCCC. The summed E-state index contributed by atoms with van der Waals surface area (Å²) in [6, 6.07) is 68.9. The van der Waals surface area contributed by atoms with Gasteiger partial charge in [0.1, 0.15) is 22.3 Å². The first-order valence-electron chi connectivity index (χ1n) is 39.8. The zero-order valence-electron chi connectivity index (χ0n) is 61.8. The van der Waals surface area contributed by atoms with E-state index in [1.807, 2.05) is 0 Å². The number of benzene rings is 10. The highest BCUT2D eigenvalue weighted by Gasteiger charge is 2.49. The number of rotatable bonds is 32. The van der Waals surface area contributed by atoms with Crippen LogP contribution in [0.4, 0.5) is 17.1 Å². The van der Waals surface area contributed by atoms with Crippen LogP contribution in [-0.4, -0.2) is 0 Å². The van der Waals surface area contributed by atoms with Crippen LogP contribution in [0.5, 0.6) is 0 Å². The van der Waals surface area contributed by atoms with E-state index in [1.165, 1.54) is 278 Å². The molecule has 0 amide bonds. The van der Waals surface area contributed by atoms with Gasteiger partial charge >= 0.3 is 0 Å². The molecule has 0 aliphatic heterocycles. The summed E-state index contributed by atoms with van der Waals surface area (Å²) in [4.78, 5) is 2.66. The Morgan fingerprint density at radius 2 is 0.800 bits per heavy atom. The second-order valence-corrected chi connectivity index (χ2v) is 31.5. The van der Waals surface area contributed by atoms with Gasteiger partial charge in [0.15, 0.2) is 0 Å². The standard InChI is InChI=1S/C97H109NO2/c1-9-13-17-21-25-35-56-96(57-36-26-22-18-14-10-2)80-53-55-89-92(75-43-31-33-46-87(75)99-89)91(80)79-65-83-77(63-84(79)96)73-51-49-70(62-82(73)97(83,58-37-27-23-19-15-11-3)59-38-28-24-20-16-12-4)98(86-54-48-66(5)60-67(86)6)69-50-52-74-81(61-69)95(7,8)85-64-78(72-45-39-41-68-40-29-30-42-71(68)72)94-93(90(74)85)76-44-32-34-47-88(76)100-94/h29-34,39-55,60-65H,9-28,35-38,56-59H2,1-8H3. The lowest BCUT2D eigenvalue weighted by Crippen LogP contribution is -2.27. The maximum atomic E-state index is 7.09. The van der Waals surface area contributed by atoms with Crippen molar-refractivity contribution in [2.45, 2.75) is 251 Å². The van der Waals surface area contributed by atoms with Gasteiger partial charge in [0.25, 0.3) is 0 Å². The van der Waals surface area contributed by atoms with Gasteiger partial charge in [-0.3, -0.25) is 0 Å². The molecule has 0 atom stereocenters. The second kappa shape index (κ2) is 29.1. The van der Waals surface area contributed by atoms with Crippen molar-refractivity contribution in [3.8, 4) is 44.5 Å². The Bertz CT molecular complexity index is 4910. The van der Waals surface area contributed by atoms with Crippen molar-refractivity contribution in [1.82, 2.24) is 0 Å². The molecule has 0 fully saturated rings. The lowest BCUT2D eigenvalue weighted by Gasteiger charge is -2.35. The number of anilines is 3. The molecule has 0 N–H and O–H groups in total. The van der Waals surface area contributed by atoms with E-state index >= 15 is 0 Å². The fraction of sp³-hybridized carbons (Fsp3) is 0.402. The number of hydrogen-bond acceptors (Lipinski definition) is 3. The Labute approximate surface area is 598 Å². The van der Waals surface area contributed by atoms with Crippen LogP contribution < -0.4 is 4.90 Å². The second-order valence-electron chi connectivity index (χ2n) is 31.5. The lowest BCUT2D eigenvalue weighted by molar-refractivity contribution is 0.394. The Hall–Kier alpha value is -8.14. The minimum atomic E-state index is -0.337. The highest BCUT2D eigenvalue weighted by atomic mass is 16.3. The summed E-state index contributed by atoms with van der Waals surface area (Å²) in [6.07, 6.45) is 35.6. The van der Waals surface area contributed by atoms with Crippen molar-refractivity contribution in [2.24, 2.45) is 0 Å². The highest BCUT2D eigenvalue weighted by Crippen LogP contribution is 2.64. The first kappa shape index (κ1) is 67.7. The molecule has 100 heavy (non-hydrogen) atoms. The van der Waals surface area contributed by atoms with E-state index in [2.05, 4.69) is 236 Å². The predicted molar refractivity (Wildman–Crippen MR) is 430 cm³/mol. The molecule has 3 heteroatoms. The molecule has 0 spiro atoms. The zero-order chi connectivity index (χ0) is 68.5. The number of hydrogen-bond donors (Lipinski definition) is 0. The summed E-state index contributed by atoms with van der Waals surface area (Å²) < 4.78 is 14.0. The summed E-state index contributed by atoms with van der Waals surface area (Å²) in [5.41, 5.74) is 29.4. The van der Waals surface area contributed by atoms with Crippen LogP contribution in [-0.2, 0) is 16.2 Å². The maximum absolute atomic E-state index is 7.09. The number of aryl methyl sites for hydroxylation is 2. The van der Waals surface area contributed by atoms with Gasteiger partial charge in [0, 0.05) is 60.4 Å². The van der Waals surface area contributed by atoms with Gasteiger partial charge in [-0.2, -0.15) is 0 Å². The number of fused-ring (bicyclic) bond motifs is 18. The molecule has 514 valence electrons. The van der Waals surface area contributed by atoms with Crippen LogP contribution in [0.1, 0.15) is 266 Å². The van der Waals surface area contributed by atoms with Gasteiger partial charge in [-0.1, -0.05) is 310 Å². The lowest BCUT2D eigenvalue weighted by atomic mass is 9.68.